The summed E-state index contributed by atoms with van der Waals surface area (Å²) in [4.78, 5) is 41.7. The topological polar surface area (TPSA) is 81.8 Å². The Kier molecular flexibility index (Phi) is 7.13. The molecule has 30 heavy (non-hydrogen) atoms. The van der Waals surface area contributed by atoms with E-state index in [1.165, 1.54) is 5.56 Å². The first-order chi connectivity index (χ1) is 14.4. The van der Waals surface area contributed by atoms with E-state index >= 15 is 0 Å². The molecule has 1 heterocycles. The number of hydrogen-bond acceptors (Lipinski definition) is 4. The molecule has 1 aliphatic carbocycles. The highest BCUT2D eigenvalue weighted by atomic mass is 16.2. The predicted octanol–water partition coefficient (Wildman–Crippen LogP) is 2.31. The highest BCUT2D eigenvalue weighted by Gasteiger charge is 2.54. The molecule has 0 aromatic heterocycles. The number of imide groups is 1. The van der Waals surface area contributed by atoms with E-state index < -0.39 is 17.6 Å². The molecule has 4 amide bonds. The second kappa shape index (κ2) is 9.60. The number of benzene rings is 1. The summed E-state index contributed by atoms with van der Waals surface area (Å²) in [5.74, 6) is -0.545. The maximum atomic E-state index is 12.9. The van der Waals surface area contributed by atoms with Gasteiger partial charge in [-0.1, -0.05) is 57.0 Å². The van der Waals surface area contributed by atoms with E-state index in [1.54, 1.807) is 6.92 Å². The lowest BCUT2D eigenvalue weighted by Crippen LogP contribution is -2.52. The van der Waals surface area contributed by atoms with Crippen LogP contribution in [0.5, 0.6) is 0 Å². The van der Waals surface area contributed by atoms with Gasteiger partial charge in [0.25, 0.3) is 5.91 Å². The molecular formula is C23H34N4O3. The van der Waals surface area contributed by atoms with E-state index in [0.717, 1.165) is 37.3 Å². The average Bonchev–Trinajstić information content (AvgIpc) is 3.31. The van der Waals surface area contributed by atoms with Gasteiger partial charge in [-0.15, -0.1) is 0 Å². The zero-order chi connectivity index (χ0) is 21.7. The normalized spacial score (nSPS) is 19.9. The van der Waals surface area contributed by atoms with Gasteiger partial charge in [-0.3, -0.25) is 14.5 Å². The van der Waals surface area contributed by atoms with Crippen LogP contribution in [0.4, 0.5) is 4.79 Å². The summed E-state index contributed by atoms with van der Waals surface area (Å²) >= 11 is 0. The van der Waals surface area contributed by atoms with Crippen LogP contribution in [-0.4, -0.2) is 64.9 Å². The van der Waals surface area contributed by atoms with Crippen molar-refractivity contribution in [3.8, 4) is 0 Å². The molecule has 1 aromatic carbocycles. The van der Waals surface area contributed by atoms with Crippen LogP contribution in [0.3, 0.4) is 0 Å². The van der Waals surface area contributed by atoms with Crippen molar-refractivity contribution in [3.05, 3.63) is 35.9 Å². The summed E-state index contributed by atoms with van der Waals surface area (Å²) in [6, 6.07) is 9.08. The minimum atomic E-state index is -0.827. The molecular weight excluding hydrogens is 380 g/mol. The number of carbonyl (C=O) groups is 3. The Morgan fingerprint density at radius 2 is 1.80 bits per heavy atom. The van der Waals surface area contributed by atoms with E-state index in [4.69, 9.17) is 0 Å². The van der Waals surface area contributed by atoms with Crippen molar-refractivity contribution in [2.24, 2.45) is 0 Å². The number of urea groups is 1. The number of amides is 4. The number of likely N-dealkylation sites (N-methyl/N-ethyl adjacent to an activating group) is 1. The van der Waals surface area contributed by atoms with E-state index in [-0.39, 0.29) is 17.9 Å². The van der Waals surface area contributed by atoms with Crippen LogP contribution in [0, 0.1) is 0 Å². The van der Waals surface area contributed by atoms with E-state index in [2.05, 4.69) is 41.5 Å². The summed E-state index contributed by atoms with van der Waals surface area (Å²) in [6.45, 7) is 8.09. The van der Waals surface area contributed by atoms with Crippen molar-refractivity contribution in [2.45, 2.75) is 70.5 Å². The van der Waals surface area contributed by atoms with Crippen LogP contribution < -0.4 is 10.6 Å². The van der Waals surface area contributed by atoms with Gasteiger partial charge >= 0.3 is 6.03 Å². The molecule has 7 heteroatoms. The lowest BCUT2D eigenvalue weighted by molar-refractivity contribution is -0.137. The summed E-state index contributed by atoms with van der Waals surface area (Å²) in [7, 11) is 0. The quantitative estimate of drug-likeness (QED) is 0.608. The molecule has 1 aromatic rings. The Morgan fingerprint density at radius 1 is 1.17 bits per heavy atom. The van der Waals surface area contributed by atoms with Crippen LogP contribution >= 0.6 is 0 Å². The van der Waals surface area contributed by atoms with Crippen LogP contribution in [0.15, 0.2) is 30.3 Å². The van der Waals surface area contributed by atoms with E-state index in [0.29, 0.717) is 19.4 Å². The van der Waals surface area contributed by atoms with Gasteiger partial charge in [-0.25, -0.2) is 9.69 Å². The third kappa shape index (κ3) is 4.51. The van der Waals surface area contributed by atoms with Gasteiger partial charge in [0.05, 0.1) is 0 Å². The molecule has 2 aliphatic rings. The molecule has 2 N–H and O–H groups in total. The number of rotatable bonds is 9. The van der Waals surface area contributed by atoms with E-state index in [1.807, 2.05) is 18.2 Å². The van der Waals surface area contributed by atoms with Gasteiger partial charge < -0.3 is 10.6 Å². The zero-order valence-electron chi connectivity index (χ0n) is 18.3. The van der Waals surface area contributed by atoms with Crippen molar-refractivity contribution in [1.29, 1.82) is 0 Å². The fourth-order valence-electron chi connectivity index (χ4n) is 4.75. The lowest BCUT2D eigenvalue weighted by Gasteiger charge is -2.31. The molecule has 3 rings (SSSR count). The zero-order valence-corrected chi connectivity index (χ0v) is 18.3. The summed E-state index contributed by atoms with van der Waals surface area (Å²) < 4.78 is 0. The Labute approximate surface area is 179 Å². The highest BCUT2D eigenvalue weighted by molar-refractivity contribution is 6.09. The Morgan fingerprint density at radius 3 is 2.40 bits per heavy atom. The first-order valence-corrected chi connectivity index (χ1v) is 11.1. The molecule has 2 fully saturated rings. The first-order valence-electron chi connectivity index (χ1n) is 11.1. The summed E-state index contributed by atoms with van der Waals surface area (Å²) in [5.41, 5.74) is 0.428. The van der Waals surface area contributed by atoms with Gasteiger partial charge in [0, 0.05) is 12.6 Å². The standard InChI is InChI=1S/C23H34N4O3/c1-4-26(5-2)19(15-18-11-7-6-8-12-18)16-24-20(28)17(3)27-21(29)23(25-22(27)30)13-9-10-14-23/h6-8,11-12,17,19H,4-5,9-10,13-16H2,1-3H3,(H,24,28)(H,25,30). The van der Waals surface area contributed by atoms with Gasteiger partial charge in [-0.2, -0.15) is 0 Å². The average molecular weight is 415 g/mol. The molecule has 0 bridgehead atoms. The SMILES string of the molecule is CCN(CC)C(CNC(=O)C(C)N1C(=O)NC2(CCCC2)C1=O)Cc1ccccc1. The number of carbonyl (C=O) groups excluding carboxylic acids is 3. The minimum Gasteiger partial charge on any atom is -0.353 e. The van der Waals surface area contributed by atoms with E-state index in [9.17, 15) is 14.4 Å². The van der Waals surface area contributed by atoms with Crippen LogP contribution in [-0.2, 0) is 16.0 Å². The number of hydrogen-bond donors (Lipinski definition) is 2. The first kappa shape index (κ1) is 22.3. The molecule has 1 aliphatic heterocycles. The maximum Gasteiger partial charge on any atom is 0.325 e. The molecule has 2 atom stereocenters. The monoisotopic (exact) mass is 414 g/mol. The Balaban J connectivity index is 1.64. The van der Waals surface area contributed by atoms with Crippen LogP contribution in [0.1, 0.15) is 52.0 Å². The fraction of sp³-hybridized carbons (Fsp3) is 0.609. The van der Waals surface area contributed by atoms with Gasteiger partial charge in [0.2, 0.25) is 5.91 Å². The minimum absolute atomic E-state index is 0.142. The molecule has 7 nitrogen and oxygen atoms in total. The number of nitrogens with zero attached hydrogens (tertiary/aromatic N) is 2. The van der Waals surface area contributed by atoms with Crippen molar-refractivity contribution in [3.63, 3.8) is 0 Å². The van der Waals surface area contributed by atoms with Crippen LogP contribution in [0.2, 0.25) is 0 Å². The Hall–Kier alpha value is -2.41. The van der Waals surface area contributed by atoms with Crippen molar-refractivity contribution < 1.29 is 14.4 Å². The smallest absolute Gasteiger partial charge is 0.325 e. The van der Waals surface area contributed by atoms with Crippen molar-refractivity contribution in [1.82, 2.24) is 20.4 Å². The third-order valence-electron chi connectivity index (χ3n) is 6.57. The number of nitrogens with one attached hydrogen (secondary N) is 2. The maximum absolute atomic E-state index is 12.9. The largest absolute Gasteiger partial charge is 0.353 e. The molecule has 1 saturated heterocycles. The van der Waals surface area contributed by atoms with Gasteiger partial charge in [0.1, 0.15) is 11.6 Å². The van der Waals surface area contributed by atoms with Crippen molar-refractivity contribution in [2.75, 3.05) is 19.6 Å². The van der Waals surface area contributed by atoms with Crippen molar-refractivity contribution >= 4 is 17.8 Å². The molecule has 164 valence electrons. The molecule has 1 spiro atoms. The lowest BCUT2D eigenvalue weighted by atomic mass is 9.97. The fourth-order valence-corrected chi connectivity index (χ4v) is 4.75. The van der Waals surface area contributed by atoms with Crippen LogP contribution in [0.25, 0.3) is 0 Å². The molecule has 0 radical (unpaired) electrons. The molecule has 1 saturated carbocycles. The second-order valence-electron chi connectivity index (χ2n) is 8.38. The third-order valence-corrected chi connectivity index (χ3v) is 6.57. The highest BCUT2D eigenvalue weighted by Crippen LogP contribution is 2.35. The summed E-state index contributed by atoms with van der Waals surface area (Å²) in [5, 5.41) is 5.84. The van der Waals surface area contributed by atoms with Gasteiger partial charge in [0.15, 0.2) is 0 Å². The summed E-state index contributed by atoms with van der Waals surface area (Å²) in [6.07, 6.45) is 3.98. The molecule has 2 unspecified atom stereocenters. The van der Waals surface area contributed by atoms with Gasteiger partial charge in [-0.05, 0) is 44.8 Å². The predicted molar refractivity (Wildman–Crippen MR) is 116 cm³/mol. The Bertz CT molecular complexity index is 757. The second-order valence-corrected chi connectivity index (χ2v) is 8.38.